The molecule has 0 aliphatic heterocycles. The van der Waals surface area contributed by atoms with Crippen LogP contribution in [0, 0.1) is 0 Å². The van der Waals surface area contributed by atoms with Gasteiger partial charge in [-0.3, -0.25) is 13.9 Å². The van der Waals surface area contributed by atoms with E-state index in [1.807, 2.05) is 32.0 Å². The van der Waals surface area contributed by atoms with Crippen LogP contribution in [0.15, 0.2) is 48.5 Å². The first-order valence-electron chi connectivity index (χ1n) is 12.1. The van der Waals surface area contributed by atoms with Crippen molar-refractivity contribution in [2.75, 3.05) is 17.1 Å². The van der Waals surface area contributed by atoms with Crippen LogP contribution in [0.25, 0.3) is 0 Å². The van der Waals surface area contributed by atoms with Gasteiger partial charge in [-0.1, -0.05) is 63.6 Å². The quantitative estimate of drug-likeness (QED) is 0.476. The molecule has 0 aliphatic rings. The van der Waals surface area contributed by atoms with Crippen LogP contribution in [0.3, 0.4) is 0 Å². The Hall–Kier alpha value is -2.58. The molecule has 0 heterocycles. The molecular weight excluding hydrogens is 498 g/mol. The van der Waals surface area contributed by atoms with Crippen molar-refractivity contribution < 1.29 is 18.0 Å². The van der Waals surface area contributed by atoms with Crippen LogP contribution in [-0.4, -0.2) is 50.0 Å². The first-order valence-corrected chi connectivity index (χ1v) is 14.3. The van der Waals surface area contributed by atoms with E-state index in [0.717, 1.165) is 28.1 Å². The second-order valence-corrected chi connectivity index (χ2v) is 12.6. The molecule has 2 aromatic carbocycles. The highest BCUT2D eigenvalue weighted by Crippen LogP contribution is 2.26. The smallest absolute Gasteiger partial charge is 0.244 e. The lowest BCUT2D eigenvalue weighted by atomic mass is 9.87. The number of sulfonamides is 1. The fraction of sp³-hybridized carbons (Fsp3) is 0.481. The SMILES string of the molecule is CC[C@H](C)NC(=O)[C@H](C)N(Cc1cccc(Cl)c1)C(=O)CN(c1ccc(C(C)(C)C)cc1)S(C)(=O)=O. The lowest BCUT2D eigenvalue weighted by Crippen LogP contribution is -2.52. The molecule has 0 spiro atoms. The minimum absolute atomic E-state index is 0.0584. The predicted octanol–water partition coefficient (Wildman–Crippen LogP) is 4.74. The first kappa shape index (κ1) is 29.6. The zero-order valence-corrected chi connectivity index (χ0v) is 23.8. The van der Waals surface area contributed by atoms with Gasteiger partial charge in [0.2, 0.25) is 21.8 Å². The highest BCUT2D eigenvalue weighted by atomic mass is 35.5. The molecular formula is C27H38ClN3O4S. The average molecular weight is 536 g/mol. The largest absolute Gasteiger partial charge is 0.352 e. The molecule has 1 N–H and O–H groups in total. The maximum atomic E-state index is 13.6. The number of hydrogen-bond donors (Lipinski definition) is 1. The summed E-state index contributed by atoms with van der Waals surface area (Å²) >= 11 is 6.14. The van der Waals surface area contributed by atoms with Crippen molar-refractivity contribution in [2.24, 2.45) is 0 Å². The monoisotopic (exact) mass is 535 g/mol. The predicted molar refractivity (Wildman–Crippen MR) is 147 cm³/mol. The van der Waals surface area contributed by atoms with Crippen LogP contribution in [0.4, 0.5) is 5.69 Å². The van der Waals surface area contributed by atoms with Crippen molar-refractivity contribution in [2.45, 2.75) is 72.0 Å². The second kappa shape index (κ2) is 12.1. The van der Waals surface area contributed by atoms with Gasteiger partial charge in [0.15, 0.2) is 0 Å². The van der Waals surface area contributed by atoms with Gasteiger partial charge in [0.1, 0.15) is 12.6 Å². The van der Waals surface area contributed by atoms with E-state index in [1.54, 1.807) is 37.3 Å². The standard InChI is InChI=1S/C27H38ClN3O4S/c1-8-19(2)29-26(33)20(3)30(17-21-10-9-11-23(28)16-21)25(32)18-31(36(7,34)35)24-14-12-22(13-15-24)27(4,5)6/h9-16,19-20H,8,17-18H2,1-7H3,(H,29,33)/t19-,20-/m0/s1. The topological polar surface area (TPSA) is 86.8 Å². The normalized spacial score (nSPS) is 13.6. The van der Waals surface area contributed by atoms with Gasteiger partial charge < -0.3 is 10.2 Å². The van der Waals surface area contributed by atoms with E-state index in [0.29, 0.717) is 10.7 Å². The molecule has 0 bridgehead atoms. The molecule has 0 aliphatic carbocycles. The summed E-state index contributed by atoms with van der Waals surface area (Å²) in [4.78, 5) is 27.9. The van der Waals surface area contributed by atoms with Crippen molar-refractivity contribution >= 4 is 39.1 Å². The molecule has 7 nitrogen and oxygen atoms in total. The van der Waals surface area contributed by atoms with Crippen molar-refractivity contribution in [3.05, 3.63) is 64.7 Å². The minimum atomic E-state index is -3.78. The molecule has 0 radical (unpaired) electrons. The molecule has 36 heavy (non-hydrogen) atoms. The van der Waals surface area contributed by atoms with E-state index >= 15 is 0 Å². The van der Waals surface area contributed by atoms with Gasteiger partial charge in [-0.25, -0.2) is 8.42 Å². The molecule has 0 saturated carbocycles. The zero-order chi connectivity index (χ0) is 27.3. The Morgan fingerprint density at radius 2 is 1.67 bits per heavy atom. The lowest BCUT2D eigenvalue weighted by Gasteiger charge is -2.32. The van der Waals surface area contributed by atoms with Crippen LogP contribution < -0.4 is 9.62 Å². The third-order valence-corrected chi connectivity index (χ3v) is 7.49. The van der Waals surface area contributed by atoms with Crippen molar-refractivity contribution in [1.29, 1.82) is 0 Å². The minimum Gasteiger partial charge on any atom is -0.352 e. The van der Waals surface area contributed by atoms with Crippen molar-refractivity contribution in [1.82, 2.24) is 10.2 Å². The van der Waals surface area contributed by atoms with Crippen LogP contribution in [-0.2, 0) is 31.6 Å². The van der Waals surface area contributed by atoms with Gasteiger partial charge in [0.25, 0.3) is 0 Å². The van der Waals surface area contributed by atoms with E-state index < -0.39 is 28.5 Å². The number of anilines is 1. The highest BCUT2D eigenvalue weighted by molar-refractivity contribution is 7.92. The van der Waals surface area contributed by atoms with E-state index in [1.165, 1.54) is 4.90 Å². The average Bonchev–Trinajstić information content (AvgIpc) is 2.79. The van der Waals surface area contributed by atoms with Crippen LogP contribution in [0.5, 0.6) is 0 Å². The summed E-state index contributed by atoms with van der Waals surface area (Å²) in [5.74, 6) is -0.799. The van der Waals surface area contributed by atoms with Crippen LogP contribution >= 0.6 is 11.6 Å². The molecule has 2 atom stereocenters. The first-order chi connectivity index (χ1) is 16.6. The maximum absolute atomic E-state index is 13.6. The summed E-state index contributed by atoms with van der Waals surface area (Å²) in [5, 5.41) is 3.41. The van der Waals surface area contributed by atoms with Crippen molar-refractivity contribution in [3.63, 3.8) is 0 Å². The van der Waals surface area contributed by atoms with Gasteiger partial charge in [-0.2, -0.15) is 0 Å². The summed E-state index contributed by atoms with van der Waals surface area (Å²) in [6.07, 6.45) is 1.81. The van der Waals surface area contributed by atoms with Gasteiger partial charge in [0.05, 0.1) is 11.9 Å². The van der Waals surface area contributed by atoms with E-state index in [-0.39, 0.29) is 23.9 Å². The molecule has 2 amide bonds. The molecule has 0 aromatic heterocycles. The Morgan fingerprint density at radius 1 is 1.06 bits per heavy atom. The molecule has 198 valence electrons. The van der Waals surface area contributed by atoms with Crippen LogP contribution in [0.2, 0.25) is 5.02 Å². The van der Waals surface area contributed by atoms with Gasteiger partial charge >= 0.3 is 0 Å². The van der Waals surface area contributed by atoms with Gasteiger partial charge in [0, 0.05) is 17.6 Å². The molecule has 0 unspecified atom stereocenters. The summed E-state index contributed by atoms with van der Waals surface area (Å²) in [5.41, 5.74) is 2.07. The number of benzene rings is 2. The summed E-state index contributed by atoms with van der Waals surface area (Å²) in [6.45, 7) is 11.4. The van der Waals surface area contributed by atoms with Gasteiger partial charge in [-0.15, -0.1) is 0 Å². The van der Waals surface area contributed by atoms with Crippen LogP contribution in [0.1, 0.15) is 59.1 Å². The third-order valence-electron chi connectivity index (χ3n) is 6.11. The fourth-order valence-corrected chi connectivity index (χ4v) is 4.68. The van der Waals surface area contributed by atoms with E-state index in [4.69, 9.17) is 11.6 Å². The highest BCUT2D eigenvalue weighted by Gasteiger charge is 2.30. The third kappa shape index (κ3) is 8.23. The zero-order valence-electron chi connectivity index (χ0n) is 22.2. The molecule has 2 rings (SSSR count). The van der Waals surface area contributed by atoms with Crippen molar-refractivity contribution in [3.8, 4) is 0 Å². The lowest BCUT2D eigenvalue weighted by molar-refractivity contribution is -0.139. The number of carbonyl (C=O) groups is 2. The number of amides is 2. The Labute approximate surface area is 220 Å². The molecule has 0 saturated heterocycles. The number of carbonyl (C=O) groups excluding carboxylic acids is 2. The number of nitrogens with one attached hydrogen (secondary N) is 1. The number of nitrogens with zero attached hydrogens (tertiary/aromatic N) is 2. The summed E-state index contributed by atoms with van der Waals surface area (Å²) in [6, 6.07) is 13.3. The number of rotatable bonds is 10. The maximum Gasteiger partial charge on any atom is 0.244 e. The Morgan fingerprint density at radius 3 is 2.17 bits per heavy atom. The summed E-state index contributed by atoms with van der Waals surface area (Å²) < 4.78 is 26.5. The Kier molecular flexibility index (Phi) is 9.97. The number of halogens is 1. The fourth-order valence-electron chi connectivity index (χ4n) is 3.62. The van der Waals surface area contributed by atoms with E-state index in [2.05, 4.69) is 26.1 Å². The van der Waals surface area contributed by atoms with Gasteiger partial charge in [-0.05, 0) is 61.1 Å². The second-order valence-electron chi connectivity index (χ2n) is 10.2. The summed E-state index contributed by atoms with van der Waals surface area (Å²) in [7, 11) is -3.78. The van der Waals surface area contributed by atoms with E-state index in [9.17, 15) is 18.0 Å². The number of hydrogen-bond acceptors (Lipinski definition) is 4. The molecule has 9 heteroatoms. The Bertz CT molecular complexity index is 1160. The molecule has 0 fully saturated rings. The Balaban J connectivity index is 2.40. The molecule has 2 aromatic rings.